The van der Waals surface area contributed by atoms with E-state index in [1.165, 1.54) is 6.07 Å². The highest BCUT2D eigenvalue weighted by atomic mass is 19.2. The largest absolute Gasteiger partial charge is 0.308 e. The Morgan fingerprint density at radius 1 is 0.447 bits per heavy atom. The van der Waals surface area contributed by atoms with E-state index in [1.807, 2.05) is 78.9 Å². The van der Waals surface area contributed by atoms with Gasteiger partial charge in [-0.25, -0.2) is 23.7 Å². The van der Waals surface area contributed by atoms with Crippen LogP contribution in [0.25, 0.3) is 72.8 Å². The smallest absolute Gasteiger partial charge is 0.166 e. The number of benzene rings is 6. The summed E-state index contributed by atoms with van der Waals surface area (Å²) in [6, 6.07) is 42.5. The molecule has 226 valence electrons. The summed E-state index contributed by atoms with van der Waals surface area (Å²) in [4.78, 5) is 15.0. The van der Waals surface area contributed by atoms with Crippen LogP contribution >= 0.6 is 0 Å². The SMILES string of the molecule is Cc1ccc2c3ccc(C)cc3n(-c3cc(-c4ccc(F)c(F)c4)ccc3-c3nc(-c4ccccc4)nc(-c4ccccc4)n3)c2c1. The summed E-state index contributed by atoms with van der Waals surface area (Å²) in [5.74, 6) is -0.169. The zero-order chi connectivity index (χ0) is 32.1. The van der Waals surface area contributed by atoms with Crippen LogP contribution in [0.15, 0.2) is 133 Å². The van der Waals surface area contributed by atoms with Gasteiger partial charge in [0, 0.05) is 27.5 Å². The van der Waals surface area contributed by atoms with E-state index in [-0.39, 0.29) is 0 Å². The zero-order valence-electron chi connectivity index (χ0n) is 25.7. The van der Waals surface area contributed by atoms with Gasteiger partial charge in [0.2, 0.25) is 0 Å². The molecule has 6 aromatic carbocycles. The van der Waals surface area contributed by atoms with Crippen LogP contribution < -0.4 is 0 Å². The highest BCUT2D eigenvalue weighted by Crippen LogP contribution is 2.39. The Kier molecular flexibility index (Phi) is 6.91. The maximum atomic E-state index is 14.5. The fraction of sp³-hybridized carbons (Fsp3) is 0.0488. The van der Waals surface area contributed by atoms with Gasteiger partial charge in [-0.1, -0.05) is 97.1 Å². The molecule has 0 unspecified atom stereocenters. The summed E-state index contributed by atoms with van der Waals surface area (Å²) >= 11 is 0. The van der Waals surface area contributed by atoms with Crippen molar-refractivity contribution in [2.45, 2.75) is 13.8 Å². The van der Waals surface area contributed by atoms with Crippen molar-refractivity contribution in [2.75, 3.05) is 0 Å². The quantitative estimate of drug-likeness (QED) is 0.194. The van der Waals surface area contributed by atoms with Crippen LogP contribution in [0.5, 0.6) is 0 Å². The van der Waals surface area contributed by atoms with E-state index in [1.54, 1.807) is 6.07 Å². The van der Waals surface area contributed by atoms with Crippen LogP contribution in [0.3, 0.4) is 0 Å². The molecule has 4 nitrogen and oxygen atoms in total. The lowest BCUT2D eigenvalue weighted by Crippen LogP contribution is -2.04. The van der Waals surface area contributed by atoms with Crippen LogP contribution in [0.4, 0.5) is 8.78 Å². The molecule has 6 heteroatoms. The number of halogens is 2. The van der Waals surface area contributed by atoms with Gasteiger partial charge in [0.1, 0.15) is 0 Å². The number of hydrogen-bond donors (Lipinski definition) is 0. The molecule has 0 atom stereocenters. The molecule has 0 aliphatic heterocycles. The molecule has 8 aromatic rings. The van der Waals surface area contributed by atoms with Gasteiger partial charge in [0.05, 0.1) is 16.7 Å². The predicted octanol–water partition coefficient (Wildman–Crippen LogP) is 10.5. The van der Waals surface area contributed by atoms with E-state index >= 15 is 0 Å². The number of aromatic nitrogens is 4. The Morgan fingerprint density at radius 3 is 1.51 bits per heavy atom. The average molecular weight is 615 g/mol. The van der Waals surface area contributed by atoms with Crippen LogP contribution in [0, 0.1) is 25.5 Å². The normalized spacial score (nSPS) is 11.4. The summed E-state index contributed by atoms with van der Waals surface area (Å²) in [7, 11) is 0. The number of fused-ring (bicyclic) bond motifs is 3. The lowest BCUT2D eigenvalue weighted by Gasteiger charge is -2.17. The first-order valence-corrected chi connectivity index (χ1v) is 15.4. The second kappa shape index (κ2) is 11.4. The number of nitrogens with zero attached hydrogens (tertiary/aromatic N) is 4. The minimum Gasteiger partial charge on any atom is -0.308 e. The standard InChI is InChI=1S/C41H28F2N4/c1-25-13-17-31-32-18-14-26(2)22-37(32)47(36(31)21-25)38-24-30(29-16-20-34(42)35(43)23-29)15-19-33(38)41-45-39(27-9-5-3-6-10-27)44-40(46-41)28-11-7-4-8-12-28/h3-24H,1-2H3. The molecule has 0 aliphatic carbocycles. The molecule has 0 fully saturated rings. The van der Waals surface area contributed by atoms with E-state index < -0.39 is 11.6 Å². The monoisotopic (exact) mass is 614 g/mol. The van der Waals surface area contributed by atoms with E-state index in [2.05, 4.69) is 54.8 Å². The van der Waals surface area contributed by atoms with Gasteiger partial charge < -0.3 is 4.57 Å². The summed E-state index contributed by atoms with van der Waals surface area (Å²) in [6.45, 7) is 4.16. The molecule has 0 aliphatic rings. The van der Waals surface area contributed by atoms with Gasteiger partial charge in [-0.15, -0.1) is 0 Å². The number of aryl methyl sites for hydroxylation is 2. The minimum absolute atomic E-state index is 0.500. The molecule has 0 N–H and O–H groups in total. The summed E-state index contributed by atoms with van der Waals surface area (Å²) in [5, 5.41) is 2.22. The molecule has 8 rings (SSSR count). The lowest BCUT2D eigenvalue weighted by molar-refractivity contribution is 0.509. The predicted molar refractivity (Wildman–Crippen MR) is 185 cm³/mol. The maximum Gasteiger partial charge on any atom is 0.166 e. The highest BCUT2D eigenvalue weighted by molar-refractivity contribution is 6.10. The first-order valence-electron chi connectivity index (χ1n) is 15.4. The lowest BCUT2D eigenvalue weighted by atomic mass is 10.0. The molecule has 0 saturated heterocycles. The third kappa shape index (κ3) is 5.14. The molecular weight excluding hydrogens is 586 g/mol. The first kappa shape index (κ1) is 28.5. The summed E-state index contributed by atoms with van der Waals surface area (Å²) in [6.07, 6.45) is 0. The van der Waals surface area contributed by atoms with Crippen molar-refractivity contribution in [2.24, 2.45) is 0 Å². The fourth-order valence-electron chi connectivity index (χ4n) is 6.19. The molecule has 2 heterocycles. The third-order valence-corrected chi connectivity index (χ3v) is 8.51. The van der Waals surface area contributed by atoms with Gasteiger partial charge in [-0.2, -0.15) is 0 Å². The summed E-state index contributed by atoms with van der Waals surface area (Å²) in [5.41, 5.74) is 8.91. The highest BCUT2D eigenvalue weighted by Gasteiger charge is 2.21. The average Bonchev–Trinajstić information content (AvgIpc) is 3.41. The van der Waals surface area contributed by atoms with E-state index in [4.69, 9.17) is 15.0 Å². The Labute approximate surface area is 270 Å². The Hall–Kier alpha value is -6.01. The van der Waals surface area contributed by atoms with E-state index in [0.29, 0.717) is 23.0 Å². The van der Waals surface area contributed by atoms with E-state index in [0.717, 1.165) is 66.9 Å². The Morgan fingerprint density at radius 2 is 0.957 bits per heavy atom. The molecule has 0 saturated carbocycles. The van der Waals surface area contributed by atoms with Crippen molar-refractivity contribution in [3.63, 3.8) is 0 Å². The first-order chi connectivity index (χ1) is 22.9. The second-order valence-electron chi connectivity index (χ2n) is 11.8. The van der Waals surface area contributed by atoms with Crippen molar-refractivity contribution in [3.05, 3.63) is 156 Å². The van der Waals surface area contributed by atoms with Crippen molar-refractivity contribution in [1.29, 1.82) is 0 Å². The van der Waals surface area contributed by atoms with E-state index in [9.17, 15) is 8.78 Å². The fourth-order valence-corrected chi connectivity index (χ4v) is 6.19. The van der Waals surface area contributed by atoms with Crippen LogP contribution in [0.1, 0.15) is 11.1 Å². The van der Waals surface area contributed by atoms with Gasteiger partial charge in [-0.3, -0.25) is 0 Å². The molecule has 0 radical (unpaired) electrons. The zero-order valence-corrected chi connectivity index (χ0v) is 25.7. The van der Waals surface area contributed by atoms with Gasteiger partial charge in [0.25, 0.3) is 0 Å². The Bertz CT molecular complexity index is 2330. The maximum absolute atomic E-state index is 14.5. The van der Waals surface area contributed by atoms with Crippen molar-refractivity contribution >= 4 is 21.8 Å². The molecule has 47 heavy (non-hydrogen) atoms. The number of hydrogen-bond acceptors (Lipinski definition) is 3. The molecular formula is C41H28F2N4. The Balaban J connectivity index is 1.47. The van der Waals surface area contributed by atoms with Gasteiger partial charge >= 0.3 is 0 Å². The topological polar surface area (TPSA) is 43.6 Å². The second-order valence-corrected chi connectivity index (χ2v) is 11.8. The third-order valence-electron chi connectivity index (χ3n) is 8.51. The van der Waals surface area contributed by atoms with Crippen LogP contribution in [-0.2, 0) is 0 Å². The molecule has 2 aromatic heterocycles. The van der Waals surface area contributed by atoms with Crippen molar-refractivity contribution in [3.8, 4) is 51.0 Å². The van der Waals surface area contributed by atoms with Crippen LogP contribution in [0.2, 0.25) is 0 Å². The molecule has 0 amide bonds. The van der Waals surface area contributed by atoms with Crippen molar-refractivity contribution < 1.29 is 8.78 Å². The molecule has 0 bridgehead atoms. The van der Waals surface area contributed by atoms with Crippen molar-refractivity contribution in [1.82, 2.24) is 19.5 Å². The minimum atomic E-state index is -0.895. The van der Waals surface area contributed by atoms with Crippen LogP contribution in [-0.4, -0.2) is 19.5 Å². The summed E-state index contributed by atoms with van der Waals surface area (Å²) < 4.78 is 30.7. The van der Waals surface area contributed by atoms with Gasteiger partial charge in [-0.05, 0) is 72.5 Å². The number of rotatable bonds is 5. The molecule has 0 spiro atoms. The van der Waals surface area contributed by atoms with Gasteiger partial charge in [0.15, 0.2) is 29.1 Å².